The summed E-state index contributed by atoms with van der Waals surface area (Å²) in [6.45, 7) is 4.52. The largest absolute Gasteiger partial charge is 0.467 e. The molecule has 0 radical (unpaired) electrons. The number of nitrogens with one attached hydrogen (secondary N) is 1. The molecule has 0 aromatic carbocycles. The molecule has 2 heterocycles. The standard InChI is InChI=1S/C14H22N4O2/c1-11-4-6-18(7-5-11)14(15)17-10-13(19)16-9-12-3-2-8-20-12/h2-3,8,11H,4-7,9-10H2,1H3,(H2,15,17)(H,16,19). The van der Waals surface area contributed by atoms with E-state index in [2.05, 4.69) is 17.2 Å². The van der Waals surface area contributed by atoms with Gasteiger partial charge in [0.15, 0.2) is 5.96 Å². The first-order valence-corrected chi connectivity index (χ1v) is 6.99. The van der Waals surface area contributed by atoms with E-state index in [0.29, 0.717) is 12.5 Å². The fourth-order valence-corrected chi connectivity index (χ4v) is 2.15. The first kappa shape index (κ1) is 14.4. The van der Waals surface area contributed by atoms with E-state index >= 15 is 0 Å². The second-order valence-corrected chi connectivity index (χ2v) is 5.20. The van der Waals surface area contributed by atoms with Gasteiger partial charge >= 0.3 is 0 Å². The molecule has 1 aromatic heterocycles. The highest BCUT2D eigenvalue weighted by atomic mass is 16.3. The molecule has 110 valence electrons. The van der Waals surface area contributed by atoms with Crippen LogP contribution in [0.3, 0.4) is 0 Å². The van der Waals surface area contributed by atoms with Crippen molar-refractivity contribution in [3.63, 3.8) is 0 Å². The quantitative estimate of drug-likeness (QED) is 0.634. The number of carbonyl (C=O) groups is 1. The Balaban J connectivity index is 1.72. The van der Waals surface area contributed by atoms with Crippen LogP contribution in [-0.2, 0) is 11.3 Å². The van der Waals surface area contributed by atoms with Crippen molar-refractivity contribution in [2.45, 2.75) is 26.3 Å². The summed E-state index contributed by atoms with van der Waals surface area (Å²) in [5.74, 6) is 1.77. The van der Waals surface area contributed by atoms with Gasteiger partial charge in [0.05, 0.1) is 12.8 Å². The van der Waals surface area contributed by atoms with Crippen molar-refractivity contribution in [2.75, 3.05) is 19.6 Å². The lowest BCUT2D eigenvalue weighted by Crippen LogP contribution is -2.43. The van der Waals surface area contributed by atoms with Gasteiger partial charge in [-0.25, -0.2) is 4.99 Å². The molecule has 0 saturated carbocycles. The van der Waals surface area contributed by atoms with Crippen LogP contribution >= 0.6 is 0 Å². The van der Waals surface area contributed by atoms with Crippen LogP contribution in [0.15, 0.2) is 27.8 Å². The molecule has 2 rings (SSSR count). The monoisotopic (exact) mass is 278 g/mol. The Bertz CT molecular complexity index is 448. The van der Waals surface area contributed by atoms with Gasteiger partial charge in [-0.1, -0.05) is 6.92 Å². The number of furan rings is 1. The Labute approximate surface area is 119 Å². The molecule has 1 aliphatic heterocycles. The Kier molecular flexibility index (Phi) is 5.03. The fraction of sp³-hybridized carbons (Fsp3) is 0.571. The summed E-state index contributed by atoms with van der Waals surface area (Å²) in [4.78, 5) is 17.8. The molecule has 1 fully saturated rings. The summed E-state index contributed by atoms with van der Waals surface area (Å²) < 4.78 is 5.13. The van der Waals surface area contributed by atoms with Crippen LogP contribution in [0.5, 0.6) is 0 Å². The van der Waals surface area contributed by atoms with E-state index < -0.39 is 0 Å². The van der Waals surface area contributed by atoms with Crippen LogP contribution in [0.4, 0.5) is 0 Å². The van der Waals surface area contributed by atoms with E-state index in [0.717, 1.165) is 37.6 Å². The summed E-state index contributed by atoms with van der Waals surface area (Å²) in [5, 5.41) is 2.74. The second-order valence-electron chi connectivity index (χ2n) is 5.20. The van der Waals surface area contributed by atoms with E-state index in [1.807, 2.05) is 11.0 Å². The van der Waals surface area contributed by atoms with Gasteiger partial charge in [-0.05, 0) is 30.9 Å². The third kappa shape index (κ3) is 4.29. The van der Waals surface area contributed by atoms with E-state index in [4.69, 9.17) is 10.2 Å². The van der Waals surface area contributed by atoms with Crippen molar-refractivity contribution in [1.29, 1.82) is 0 Å². The van der Waals surface area contributed by atoms with E-state index in [1.54, 1.807) is 12.3 Å². The van der Waals surface area contributed by atoms with Gasteiger partial charge < -0.3 is 20.4 Å². The molecule has 0 bridgehead atoms. The first-order valence-electron chi connectivity index (χ1n) is 6.99. The lowest BCUT2D eigenvalue weighted by Gasteiger charge is -2.30. The Morgan fingerprint density at radius 2 is 2.30 bits per heavy atom. The number of nitrogens with zero attached hydrogens (tertiary/aromatic N) is 2. The van der Waals surface area contributed by atoms with Gasteiger partial charge in [-0.3, -0.25) is 4.79 Å². The van der Waals surface area contributed by atoms with Gasteiger partial charge in [-0.2, -0.15) is 0 Å². The van der Waals surface area contributed by atoms with Crippen LogP contribution in [-0.4, -0.2) is 36.4 Å². The molecule has 3 N–H and O–H groups in total. The normalized spacial score (nSPS) is 17.2. The van der Waals surface area contributed by atoms with Crippen LogP contribution in [0, 0.1) is 5.92 Å². The zero-order chi connectivity index (χ0) is 14.4. The summed E-state index contributed by atoms with van der Waals surface area (Å²) >= 11 is 0. The maximum Gasteiger partial charge on any atom is 0.242 e. The zero-order valence-electron chi connectivity index (χ0n) is 11.8. The highest BCUT2D eigenvalue weighted by molar-refractivity contribution is 5.84. The number of guanidine groups is 1. The predicted octanol–water partition coefficient (Wildman–Crippen LogP) is 0.942. The maximum atomic E-state index is 11.6. The number of carbonyl (C=O) groups excluding carboxylic acids is 1. The highest BCUT2D eigenvalue weighted by Gasteiger charge is 2.17. The van der Waals surface area contributed by atoms with Crippen molar-refractivity contribution >= 4 is 11.9 Å². The molecule has 0 spiro atoms. The molecule has 1 aromatic rings. The number of nitrogens with two attached hydrogens (primary N) is 1. The SMILES string of the molecule is CC1CCN(C(N)=NCC(=O)NCc2ccco2)CC1. The van der Waals surface area contributed by atoms with Gasteiger partial charge in [0.25, 0.3) is 0 Å². The molecule has 6 heteroatoms. The summed E-state index contributed by atoms with van der Waals surface area (Å²) in [6.07, 6.45) is 3.83. The topological polar surface area (TPSA) is 83.9 Å². The molecule has 0 aliphatic carbocycles. The minimum atomic E-state index is -0.158. The molecule has 6 nitrogen and oxygen atoms in total. The van der Waals surface area contributed by atoms with Crippen molar-refractivity contribution in [3.05, 3.63) is 24.2 Å². The third-order valence-corrected chi connectivity index (χ3v) is 3.53. The van der Waals surface area contributed by atoms with Crippen LogP contribution in [0.25, 0.3) is 0 Å². The maximum absolute atomic E-state index is 11.6. The average Bonchev–Trinajstić information content (AvgIpc) is 2.96. The Morgan fingerprint density at radius 3 is 2.95 bits per heavy atom. The van der Waals surface area contributed by atoms with E-state index in [1.165, 1.54) is 0 Å². The zero-order valence-corrected chi connectivity index (χ0v) is 11.8. The number of likely N-dealkylation sites (tertiary alicyclic amines) is 1. The highest BCUT2D eigenvalue weighted by Crippen LogP contribution is 2.15. The van der Waals surface area contributed by atoms with Crippen molar-refractivity contribution in [3.8, 4) is 0 Å². The summed E-state index contributed by atoms with van der Waals surface area (Å²) in [6, 6.07) is 3.60. The van der Waals surface area contributed by atoms with Crippen LogP contribution in [0.2, 0.25) is 0 Å². The minimum Gasteiger partial charge on any atom is -0.467 e. The number of aliphatic imine (C=N–C) groups is 1. The van der Waals surface area contributed by atoms with Crippen LogP contribution in [0.1, 0.15) is 25.5 Å². The molecule has 1 aliphatic rings. The van der Waals surface area contributed by atoms with Gasteiger partial charge in [0.1, 0.15) is 12.3 Å². The third-order valence-electron chi connectivity index (χ3n) is 3.53. The molecule has 0 unspecified atom stereocenters. The summed E-state index contributed by atoms with van der Waals surface area (Å²) in [5.41, 5.74) is 5.91. The molecule has 0 atom stereocenters. The molecule has 1 saturated heterocycles. The number of piperidine rings is 1. The van der Waals surface area contributed by atoms with Gasteiger partial charge in [0, 0.05) is 13.1 Å². The Morgan fingerprint density at radius 1 is 1.55 bits per heavy atom. The lowest BCUT2D eigenvalue weighted by atomic mass is 10.00. The first-order chi connectivity index (χ1) is 9.65. The number of amides is 1. The van der Waals surface area contributed by atoms with E-state index in [9.17, 15) is 4.79 Å². The molecular formula is C14H22N4O2. The van der Waals surface area contributed by atoms with Gasteiger partial charge in [0.2, 0.25) is 5.91 Å². The molecule has 20 heavy (non-hydrogen) atoms. The number of hydrogen-bond acceptors (Lipinski definition) is 3. The smallest absolute Gasteiger partial charge is 0.242 e. The van der Waals surface area contributed by atoms with Crippen molar-refractivity contribution in [1.82, 2.24) is 10.2 Å². The van der Waals surface area contributed by atoms with Gasteiger partial charge in [-0.15, -0.1) is 0 Å². The lowest BCUT2D eigenvalue weighted by molar-refractivity contribution is -0.119. The molecular weight excluding hydrogens is 256 g/mol. The number of hydrogen-bond donors (Lipinski definition) is 2. The molecule has 1 amide bonds. The predicted molar refractivity (Wildman–Crippen MR) is 77.0 cm³/mol. The average molecular weight is 278 g/mol. The second kappa shape index (κ2) is 6.98. The van der Waals surface area contributed by atoms with Crippen LogP contribution < -0.4 is 11.1 Å². The minimum absolute atomic E-state index is 0.0542. The number of rotatable bonds is 4. The summed E-state index contributed by atoms with van der Waals surface area (Å²) in [7, 11) is 0. The van der Waals surface area contributed by atoms with Crippen molar-refractivity contribution in [2.24, 2.45) is 16.6 Å². The van der Waals surface area contributed by atoms with E-state index in [-0.39, 0.29) is 12.5 Å². The Hall–Kier alpha value is -1.98. The fourth-order valence-electron chi connectivity index (χ4n) is 2.15. The van der Waals surface area contributed by atoms with Crippen molar-refractivity contribution < 1.29 is 9.21 Å².